The van der Waals surface area contributed by atoms with Crippen LogP contribution in [-0.4, -0.2) is 10.9 Å². The van der Waals surface area contributed by atoms with Gasteiger partial charge in [-0.3, -0.25) is 9.78 Å². The van der Waals surface area contributed by atoms with Crippen molar-refractivity contribution in [3.8, 4) is 0 Å². The Labute approximate surface area is 145 Å². The van der Waals surface area contributed by atoms with Crippen molar-refractivity contribution in [3.63, 3.8) is 0 Å². The molecule has 3 aromatic rings. The Hall–Kier alpha value is -2.85. The number of aromatic nitrogens is 1. The smallest absolute Gasteiger partial charge is 0.274 e. The molecule has 1 heterocycles. The van der Waals surface area contributed by atoms with Crippen LogP contribution in [0.25, 0.3) is 0 Å². The number of rotatable bonds is 4. The molecule has 0 radical (unpaired) electrons. The van der Waals surface area contributed by atoms with E-state index < -0.39 is 0 Å². The number of halogens is 1. The number of carbonyl (C=O) groups excluding carboxylic acids is 1. The first-order chi connectivity index (χ1) is 11.6. The zero-order chi connectivity index (χ0) is 16.9. The van der Waals surface area contributed by atoms with Gasteiger partial charge in [0.25, 0.3) is 5.91 Å². The number of para-hydroxylation sites is 1. The van der Waals surface area contributed by atoms with Crippen molar-refractivity contribution in [2.75, 3.05) is 10.6 Å². The van der Waals surface area contributed by atoms with Gasteiger partial charge in [-0.15, -0.1) is 0 Å². The molecular weight excluding hydrogens is 322 g/mol. The fourth-order valence-electron chi connectivity index (χ4n) is 2.19. The highest BCUT2D eigenvalue weighted by Gasteiger charge is 2.08. The minimum Gasteiger partial charge on any atom is -0.355 e. The Kier molecular flexibility index (Phi) is 4.77. The summed E-state index contributed by atoms with van der Waals surface area (Å²) in [5, 5.41) is 6.73. The van der Waals surface area contributed by atoms with Crippen LogP contribution < -0.4 is 10.6 Å². The van der Waals surface area contributed by atoms with E-state index in [0.717, 1.165) is 22.6 Å². The average molecular weight is 338 g/mol. The van der Waals surface area contributed by atoms with E-state index in [0.29, 0.717) is 10.7 Å². The largest absolute Gasteiger partial charge is 0.355 e. The molecular formula is C19H16ClN3O. The lowest BCUT2D eigenvalue weighted by atomic mass is 10.2. The van der Waals surface area contributed by atoms with Gasteiger partial charge in [0.05, 0.1) is 0 Å². The first kappa shape index (κ1) is 16.0. The van der Waals surface area contributed by atoms with Gasteiger partial charge in [0.2, 0.25) is 0 Å². The molecule has 0 atom stereocenters. The summed E-state index contributed by atoms with van der Waals surface area (Å²) < 4.78 is 0. The van der Waals surface area contributed by atoms with Gasteiger partial charge in [-0.25, -0.2) is 0 Å². The van der Waals surface area contributed by atoms with Gasteiger partial charge in [0.15, 0.2) is 0 Å². The summed E-state index contributed by atoms with van der Waals surface area (Å²) in [5.74, 6) is -0.258. The first-order valence-electron chi connectivity index (χ1n) is 7.47. The molecule has 0 fully saturated rings. The van der Waals surface area contributed by atoms with Crippen LogP contribution >= 0.6 is 11.6 Å². The summed E-state index contributed by atoms with van der Waals surface area (Å²) in [4.78, 5) is 16.4. The number of pyridine rings is 1. The minimum atomic E-state index is -0.258. The third-order valence-corrected chi connectivity index (χ3v) is 3.89. The summed E-state index contributed by atoms with van der Waals surface area (Å²) in [5.41, 5.74) is 3.70. The lowest BCUT2D eigenvalue weighted by Crippen LogP contribution is -2.13. The van der Waals surface area contributed by atoms with E-state index in [2.05, 4.69) is 15.6 Å². The van der Waals surface area contributed by atoms with E-state index in [1.807, 2.05) is 55.5 Å². The molecule has 0 aliphatic rings. The number of benzene rings is 2. The highest BCUT2D eigenvalue weighted by molar-refractivity contribution is 6.31. The molecule has 0 aliphatic carbocycles. The lowest BCUT2D eigenvalue weighted by molar-refractivity contribution is 0.102. The summed E-state index contributed by atoms with van der Waals surface area (Å²) in [6, 6.07) is 18.5. The van der Waals surface area contributed by atoms with Gasteiger partial charge in [-0.1, -0.05) is 35.9 Å². The fraction of sp³-hybridized carbons (Fsp3) is 0.0526. The quantitative estimate of drug-likeness (QED) is 0.701. The third-order valence-electron chi connectivity index (χ3n) is 3.48. The van der Waals surface area contributed by atoms with Gasteiger partial charge in [-0.05, 0) is 48.9 Å². The summed E-state index contributed by atoms with van der Waals surface area (Å²) in [6.45, 7) is 1.95. The molecule has 1 aromatic heterocycles. The molecule has 0 bridgehead atoms. The van der Waals surface area contributed by atoms with E-state index in [1.165, 1.54) is 0 Å². The van der Waals surface area contributed by atoms with Crippen molar-refractivity contribution < 1.29 is 4.79 Å². The maximum absolute atomic E-state index is 12.3. The van der Waals surface area contributed by atoms with Crippen LogP contribution in [0.1, 0.15) is 16.1 Å². The van der Waals surface area contributed by atoms with Crippen LogP contribution in [-0.2, 0) is 0 Å². The van der Waals surface area contributed by atoms with Crippen molar-refractivity contribution in [1.82, 2.24) is 4.98 Å². The molecule has 0 unspecified atom stereocenters. The van der Waals surface area contributed by atoms with Gasteiger partial charge < -0.3 is 10.6 Å². The number of carbonyl (C=O) groups is 1. The van der Waals surface area contributed by atoms with Gasteiger partial charge in [-0.2, -0.15) is 0 Å². The molecule has 5 heteroatoms. The van der Waals surface area contributed by atoms with Crippen LogP contribution in [0.3, 0.4) is 0 Å². The predicted molar refractivity (Wildman–Crippen MR) is 98.1 cm³/mol. The highest BCUT2D eigenvalue weighted by atomic mass is 35.5. The standard InChI is InChI=1S/C19H16ClN3O/c1-13-7-8-15(11-17(13)20)22-16-9-10-21-18(12-16)19(24)23-14-5-3-2-4-6-14/h2-12H,1H3,(H,21,22)(H,23,24). The summed E-state index contributed by atoms with van der Waals surface area (Å²) >= 11 is 6.14. The zero-order valence-electron chi connectivity index (χ0n) is 13.1. The van der Waals surface area contributed by atoms with Crippen LogP contribution in [0.5, 0.6) is 0 Å². The first-order valence-corrected chi connectivity index (χ1v) is 7.85. The second kappa shape index (κ2) is 7.15. The molecule has 1 amide bonds. The van der Waals surface area contributed by atoms with Crippen molar-refractivity contribution >= 4 is 34.6 Å². The van der Waals surface area contributed by atoms with Crippen molar-refractivity contribution in [3.05, 3.63) is 83.1 Å². The molecule has 24 heavy (non-hydrogen) atoms. The van der Waals surface area contributed by atoms with Crippen molar-refractivity contribution in [2.24, 2.45) is 0 Å². The molecule has 2 N–H and O–H groups in total. The van der Waals surface area contributed by atoms with E-state index in [1.54, 1.807) is 18.3 Å². The molecule has 120 valence electrons. The van der Waals surface area contributed by atoms with Gasteiger partial charge >= 0.3 is 0 Å². The number of hydrogen-bond donors (Lipinski definition) is 2. The molecule has 0 spiro atoms. The maximum atomic E-state index is 12.3. The minimum absolute atomic E-state index is 0.258. The highest BCUT2D eigenvalue weighted by Crippen LogP contribution is 2.23. The van der Waals surface area contributed by atoms with E-state index in [4.69, 9.17) is 11.6 Å². The summed E-state index contributed by atoms with van der Waals surface area (Å²) in [6.07, 6.45) is 1.60. The second-order valence-corrected chi connectivity index (χ2v) is 5.75. The number of hydrogen-bond acceptors (Lipinski definition) is 3. The lowest BCUT2D eigenvalue weighted by Gasteiger charge is -2.09. The maximum Gasteiger partial charge on any atom is 0.274 e. The van der Waals surface area contributed by atoms with Crippen LogP contribution in [0.2, 0.25) is 5.02 Å². The SMILES string of the molecule is Cc1ccc(Nc2ccnc(C(=O)Nc3ccccc3)c2)cc1Cl. The number of nitrogens with one attached hydrogen (secondary N) is 2. The molecule has 4 nitrogen and oxygen atoms in total. The van der Waals surface area contributed by atoms with Crippen LogP contribution in [0.4, 0.5) is 17.1 Å². The summed E-state index contributed by atoms with van der Waals surface area (Å²) in [7, 11) is 0. The van der Waals surface area contributed by atoms with E-state index in [-0.39, 0.29) is 5.91 Å². The third kappa shape index (κ3) is 3.91. The van der Waals surface area contributed by atoms with Crippen molar-refractivity contribution in [2.45, 2.75) is 6.92 Å². The second-order valence-electron chi connectivity index (χ2n) is 5.34. The van der Waals surface area contributed by atoms with Crippen LogP contribution in [0.15, 0.2) is 66.9 Å². The molecule has 2 aromatic carbocycles. The van der Waals surface area contributed by atoms with Gasteiger partial charge in [0.1, 0.15) is 5.69 Å². The Morgan fingerprint density at radius 2 is 1.71 bits per heavy atom. The van der Waals surface area contributed by atoms with Crippen molar-refractivity contribution in [1.29, 1.82) is 0 Å². The zero-order valence-corrected chi connectivity index (χ0v) is 13.8. The predicted octanol–water partition coefficient (Wildman–Crippen LogP) is 5.04. The molecule has 0 saturated carbocycles. The molecule has 0 saturated heterocycles. The Morgan fingerprint density at radius 1 is 0.958 bits per heavy atom. The topological polar surface area (TPSA) is 54.0 Å². The number of nitrogens with zero attached hydrogens (tertiary/aromatic N) is 1. The Morgan fingerprint density at radius 3 is 2.46 bits per heavy atom. The Balaban J connectivity index is 1.76. The van der Waals surface area contributed by atoms with Crippen LogP contribution in [0, 0.1) is 6.92 Å². The fourth-order valence-corrected chi connectivity index (χ4v) is 2.37. The normalized spacial score (nSPS) is 10.2. The van der Waals surface area contributed by atoms with E-state index in [9.17, 15) is 4.79 Å². The molecule has 3 rings (SSSR count). The monoisotopic (exact) mass is 337 g/mol. The number of amides is 1. The Bertz CT molecular complexity index is 865. The van der Waals surface area contributed by atoms with Gasteiger partial charge in [0, 0.05) is 28.3 Å². The number of aryl methyl sites for hydroxylation is 1. The number of anilines is 3. The van der Waals surface area contributed by atoms with E-state index >= 15 is 0 Å². The molecule has 0 aliphatic heterocycles. The average Bonchev–Trinajstić information content (AvgIpc) is 2.59.